The van der Waals surface area contributed by atoms with E-state index in [4.69, 9.17) is 4.74 Å². The van der Waals surface area contributed by atoms with E-state index in [0.717, 1.165) is 13.2 Å². The van der Waals surface area contributed by atoms with E-state index in [-0.39, 0.29) is 5.41 Å². The summed E-state index contributed by atoms with van der Waals surface area (Å²) in [5.41, 5.74) is 0.257. The van der Waals surface area contributed by atoms with Gasteiger partial charge >= 0.3 is 0 Å². The summed E-state index contributed by atoms with van der Waals surface area (Å²) < 4.78 is 5.88. The molecule has 0 amide bonds. The third-order valence-corrected chi connectivity index (χ3v) is 2.96. The van der Waals surface area contributed by atoms with Crippen LogP contribution in [-0.2, 0) is 4.74 Å². The Morgan fingerprint density at radius 2 is 1.67 bits per heavy atom. The number of likely N-dealkylation sites (N-methyl/N-ethyl adjacent to an activating group) is 1. The average molecular weight is 215 g/mol. The molecule has 2 heteroatoms. The van der Waals surface area contributed by atoms with Crippen LogP contribution in [0.4, 0.5) is 0 Å². The first-order valence-electron chi connectivity index (χ1n) is 6.14. The summed E-state index contributed by atoms with van der Waals surface area (Å²) in [4.78, 5) is 0. The quantitative estimate of drug-likeness (QED) is 0.735. The van der Waals surface area contributed by atoms with Crippen LogP contribution >= 0.6 is 0 Å². The van der Waals surface area contributed by atoms with Crippen LogP contribution in [-0.4, -0.2) is 25.3 Å². The monoisotopic (exact) mass is 215 g/mol. The summed E-state index contributed by atoms with van der Waals surface area (Å²) >= 11 is 0. The van der Waals surface area contributed by atoms with Gasteiger partial charge in [-0.25, -0.2) is 0 Å². The lowest BCUT2D eigenvalue weighted by molar-refractivity contribution is 0.00398. The van der Waals surface area contributed by atoms with E-state index in [1.165, 1.54) is 0 Å². The molecule has 0 aromatic rings. The molecule has 0 saturated carbocycles. The van der Waals surface area contributed by atoms with E-state index >= 15 is 0 Å². The first-order chi connectivity index (χ1) is 6.79. The third-order valence-electron chi connectivity index (χ3n) is 2.96. The van der Waals surface area contributed by atoms with E-state index in [1.807, 2.05) is 0 Å². The molecular weight excluding hydrogens is 186 g/mol. The Morgan fingerprint density at radius 1 is 1.13 bits per heavy atom. The molecule has 0 fully saturated rings. The smallest absolute Gasteiger partial charge is 0.0628 e. The number of nitrogens with one attached hydrogen (secondary N) is 1. The fraction of sp³-hybridized carbons (Fsp3) is 1.00. The van der Waals surface area contributed by atoms with Crippen LogP contribution in [0.15, 0.2) is 0 Å². The van der Waals surface area contributed by atoms with Crippen LogP contribution in [0, 0.1) is 11.3 Å². The van der Waals surface area contributed by atoms with Crippen LogP contribution in [0.1, 0.15) is 48.5 Å². The second-order valence-electron chi connectivity index (χ2n) is 5.76. The van der Waals surface area contributed by atoms with Crippen molar-refractivity contribution in [1.29, 1.82) is 0 Å². The van der Waals surface area contributed by atoms with Gasteiger partial charge in [-0.3, -0.25) is 0 Å². The molecular formula is C13H29NO. The van der Waals surface area contributed by atoms with Crippen molar-refractivity contribution in [3.05, 3.63) is 0 Å². The molecule has 0 aliphatic heterocycles. The van der Waals surface area contributed by atoms with Crippen molar-refractivity contribution >= 4 is 0 Å². The Morgan fingerprint density at radius 3 is 2.00 bits per heavy atom. The van der Waals surface area contributed by atoms with E-state index in [0.29, 0.717) is 18.1 Å². The molecule has 0 saturated heterocycles. The zero-order chi connectivity index (χ0) is 12.1. The standard InChI is InChI=1S/C13H29NO/c1-8-14-12(13(5,6)7)9-15-11(4)10(2)3/h10-12,14H,8-9H2,1-7H3. The lowest BCUT2D eigenvalue weighted by atomic mass is 9.87. The lowest BCUT2D eigenvalue weighted by Gasteiger charge is -2.32. The van der Waals surface area contributed by atoms with Crippen LogP contribution in [0.3, 0.4) is 0 Å². The molecule has 0 radical (unpaired) electrons. The number of hydrogen-bond donors (Lipinski definition) is 1. The fourth-order valence-electron chi connectivity index (χ4n) is 1.30. The van der Waals surface area contributed by atoms with Crippen LogP contribution in [0.25, 0.3) is 0 Å². The van der Waals surface area contributed by atoms with Crippen molar-refractivity contribution in [3.63, 3.8) is 0 Å². The first kappa shape index (κ1) is 14.9. The van der Waals surface area contributed by atoms with Gasteiger partial charge in [0.25, 0.3) is 0 Å². The lowest BCUT2D eigenvalue weighted by Crippen LogP contribution is -2.44. The summed E-state index contributed by atoms with van der Waals surface area (Å²) in [5.74, 6) is 0.590. The summed E-state index contributed by atoms with van der Waals surface area (Å²) in [5, 5.41) is 3.49. The highest BCUT2D eigenvalue weighted by Crippen LogP contribution is 2.20. The summed E-state index contributed by atoms with van der Waals surface area (Å²) in [6, 6.07) is 0.434. The Bertz CT molecular complexity index is 160. The first-order valence-corrected chi connectivity index (χ1v) is 6.14. The van der Waals surface area contributed by atoms with Crippen molar-refractivity contribution in [1.82, 2.24) is 5.32 Å². The minimum absolute atomic E-state index is 0.257. The van der Waals surface area contributed by atoms with E-state index in [1.54, 1.807) is 0 Å². The van der Waals surface area contributed by atoms with Gasteiger partial charge in [-0.1, -0.05) is 41.5 Å². The number of ether oxygens (including phenoxy) is 1. The van der Waals surface area contributed by atoms with Crippen molar-refractivity contribution in [2.75, 3.05) is 13.2 Å². The Hall–Kier alpha value is -0.0800. The topological polar surface area (TPSA) is 21.3 Å². The number of rotatable bonds is 6. The van der Waals surface area contributed by atoms with Gasteiger partial charge in [-0.15, -0.1) is 0 Å². The maximum atomic E-state index is 5.88. The van der Waals surface area contributed by atoms with E-state index < -0.39 is 0 Å². The molecule has 0 aliphatic carbocycles. The van der Waals surface area contributed by atoms with Gasteiger partial charge in [-0.05, 0) is 24.8 Å². The Kier molecular flexibility index (Phi) is 6.46. The van der Waals surface area contributed by atoms with Crippen LogP contribution < -0.4 is 5.32 Å². The van der Waals surface area contributed by atoms with Gasteiger partial charge in [0, 0.05) is 6.04 Å². The van der Waals surface area contributed by atoms with E-state index in [2.05, 4.69) is 53.8 Å². The molecule has 2 atom stereocenters. The molecule has 0 rings (SSSR count). The molecule has 2 nitrogen and oxygen atoms in total. The van der Waals surface area contributed by atoms with Gasteiger partial charge in [0.1, 0.15) is 0 Å². The molecule has 2 unspecified atom stereocenters. The highest BCUT2D eigenvalue weighted by Gasteiger charge is 2.24. The van der Waals surface area contributed by atoms with Gasteiger partial charge in [0.15, 0.2) is 0 Å². The van der Waals surface area contributed by atoms with E-state index in [9.17, 15) is 0 Å². The van der Waals surface area contributed by atoms with Gasteiger partial charge in [0.05, 0.1) is 12.7 Å². The zero-order valence-electron chi connectivity index (χ0n) is 11.6. The molecule has 92 valence electrons. The molecule has 0 heterocycles. The van der Waals surface area contributed by atoms with Crippen molar-refractivity contribution in [2.45, 2.75) is 60.6 Å². The molecule has 0 aliphatic rings. The van der Waals surface area contributed by atoms with Gasteiger partial charge in [0.2, 0.25) is 0 Å². The van der Waals surface area contributed by atoms with Crippen LogP contribution in [0.5, 0.6) is 0 Å². The maximum Gasteiger partial charge on any atom is 0.0628 e. The summed E-state index contributed by atoms with van der Waals surface area (Å²) in [6.07, 6.45) is 0.341. The normalized spacial score (nSPS) is 16.8. The number of hydrogen-bond acceptors (Lipinski definition) is 2. The average Bonchev–Trinajstić information content (AvgIpc) is 2.09. The molecule has 15 heavy (non-hydrogen) atoms. The fourth-order valence-corrected chi connectivity index (χ4v) is 1.30. The summed E-state index contributed by atoms with van der Waals surface area (Å²) in [7, 11) is 0. The third kappa shape index (κ3) is 6.16. The molecule has 0 aromatic carbocycles. The van der Waals surface area contributed by atoms with Crippen molar-refractivity contribution in [3.8, 4) is 0 Å². The Balaban J connectivity index is 4.08. The van der Waals surface area contributed by atoms with Crippen LogP contribution in [0.2, 0.25) is 0 Å². The summed E-state index contributed by atoms with van der Waals surface area (Å²) in [6.45, 7) is 17.3. The van der Waals surface area contributed by atoms with Gasteiger partial charge in [-0.2, -0.15) is 0 Å². The minimum atomic E-state index is 0.257. The van der Waals surface area contributed by atoms with Crippen molar-refractivity contribution < 1.29 is 4.74 Å². The predicted octanol–water partition coefficient (Wildman–Crippen LogP) is 3.07. The second kappa shape index (κ2) is 6.49. The highest BCUT2D eigenvalue weighted by molar-refractivity contribution is 4.80. The largest absolute Gasteiger partial charge is 0.377 e. The zero-order valence-corrected chi connectivity index (χ0v) is 11.6. The molecule has 0 bridgehead atoms. The SMILES string of the molecule is CCNC(COC(C)C(C)C)C(C)(C)C. The molecule has 1 N–H and O–H groups in total. The van der Waals surface area contributed by atoms with Crippen molar-refractivity contribution in [2.24, 2.45) is 11.3 Å². The second-order valence-corrected chi connectivity index (χ2v) is 5.76. The molecule has 0 aromatic heterocycles. The van der Waals surface area contributed by atoms with Gasteiger partial charge < -0.3 is 10.1 Å². The highest BCUT2D eigenvalue weighted by atomic mass is 16.5. The minimum Gasteiger partial charge on any atom is -0.377 e. The Labute approximate surface area is 95.8 Å². The predicted molar refractivity (Wildman–Crippen MR) is 67.2 cm³/mol. The molecule has 0 spiro atoms. The maximum absolute atomic E-state index is 5.88.